The van der Waals surface area contributed by atoms with Gasteiger partial charge in [-0.05, 0) is 31.2 Å². The Hall–Kier alpha value is -2.47. The second-order valence-electron chi connectivity index (χ2n) is 6.95. The molecule has 1 fully saturated rings. The predicted molar refractivity (Wildman–Crippen MR) is 105 cm³/mol. The standard InChI is InChI=1S/C20H21N3O2S/c1-12-8-10-23(11-9-12)18-15-13(2)16(20(24)25)26-19(15)22-17(21-18)14-6-4-3-5-7-14/h3-7,12H,8-11H2,1-2H3,(H,24,25). The van der Waals surface area contributed by atoms with Crippen LogP contribution in [-0.2, 0) is 0 Å². The molecule has 1 aliphatic rings. The summed E-state index contributed by atoms with van der Waals surface area (Å²) in [6.45, 7) is 6.03. The van der Waals surface area contributed by atoms with Crippen molar-refractivity contribution in [1.29, 1.82) is 0 Å². The van der Waals surface area contributed by atoms with Gasteiger partial charge in [-0.2, -0.15) is 0 Å². The Morgan fingerprint density at radius 3 is 2.54 bits per heavy atom. The van der Waals surface area contributed by atoms with Crippen LogP contribution in [0.4, 0.5) is 5.82 Å². The van der Waals surface area contributed by atoms with Crippen molar-refractivity contribution in [2.45, 2.75) is 26.7 Å². The zero-order chi connectivity index (χ0) is 18.3. The number of thiophene rings is 1. The lowest BCUT2D eigenvalue weighted by atomic mass is 9.99. The molecule has 6 heteroatoms. The highest BCUT2D eigenvalue weighted by Gasteiger charge is 2.25. The van der Waals surface area contributed by atoms with Gasteiger partial charge >= 0.3 is 5.97 Å². The normalized spacial score (nSPS) is 15.5. The summed E-state index contributed by atoms with van der Waals surface area (Å²) in [5, 5.41) is 10.4. The van der Waals surface area contributed by atoms with Crippen LogP contribution in [-0.4, -0.2) is 34.1 Å². The molecule has 2 aromatic heterocycles. The molecule has 0 atom stereocenters. The molecule has 0 unspecified atom stereocenters. The number of aromatic carboxylic acids is 1. The molecule has 3 heterocycles. The van der Waals surface area contributed by atoms with Crippen LogP contribution in [0, 0.1) is 12.8 Å². The van der Waals surface area contributed by atoms with Crippen molar-refractivity contribution in [3.05, 3.63) is 40.8 Å². The summed E-state index contributed by atoms with van der Waals surface area (Å²) in [7, 11) is 0. The molecule has 1 N–H and O–H groups in total. The molecule has 26 heavy (non-hydrogen) atoms. The number of aromatic nitrogens is 2. The smallest absolute Gasteiger partial charge is 0.346 e. The van der Waals surface area contributed by atoms with Gasteiger partial charge < -0.3 is 10.0 Å². The largest absolute Gasteiger partial charge is 0.477 e. The van der Waals surface area contributed by atoms with Gasteiger partial charge in [-0.1, -0.05) is 37.3 Å². The summed E-state index contributed by atoms with van der Waals surface area (Å²) < 4.78 is 0. The van der Waals surface area contributed by atoms with E-state index in [0.29, 0.717) is 10.7 Å². The molecule has 0 spiro atoms. The topological polar surface area (TPSA) is 66.3 Å². The zero-order valence-corrected chi connectivity index (χ0v) is 15.7. The van der Waals surface area contributed by atoms with Crippen LogP contribution in [0.1, 0.15) is 35.0 Å². The Bertz CT molecular complexity index is 960. The van der Waals surface area contributed by atoms with E-state index >= 15 is 0 Å². The summed E-state index contributed by atoms with van der Waals surface area (Å²) in [4.78, 5) is 24.6. The lowest BCUT2D eigenvalue weighted by molar-refractivity contribution is 0.0701. The van der Waals surface area contributed by atoms with Gasteiger partial charge in [-0.15, -0.1) is 11.3 Å². The maximum atomic E-state index is 11.6. The van der Waals surface area contributed by atoms with Crippen molar-refractivity contribution in [3.63, 3.8) is 0 Å². The fraction of sp³-hybridized carbons (Fsp3) is 0.350. The highest BCUT2D eigenvalue weighted by atomic mass is 32.1. The van der Waals surface area contributed by atoms with Gasteiger partial charge in [0.15, 0.2) is 5.82 Å². The number of fused-ring (bicyclic) bond motifs is 1. The molecule has 0 radical (unpaired) electrons. The number of carboxylic acids is 1. The second-order valence-corrected chi connectivity index (χ2v) is 7.95. The van der Waals surface area contributed by atoms with Crippen LogP contribution in [0.2, 0.25) is 0 Å². The van der Waals surface area contributed by atoms with E-state index in [2.05, 4.69) is 11.8 Å². The van der Waals surface area contributed by atoms with Crippen molar-refractivity contribution in [2.75, 3.05) is 18.0 Å². The minimum Gasteiger partial charge on any atom is -0.477 e. The van der Waals surface area contributed by atoms with Crippen LogP contribution in [0.3, 0.4) is 0 Å². The summed E-state index contributed by atoms with van der Waals surface area (Å²) in [5.74, 6) is 1.35. The summed E-state index contributed by atoms with van der Waals surface area (Å²) in [5.41, 5.74) is 1.72. The lowest BCUT2D eigenvalue weighted by Gasteiger charge is -2.32. The number of hydrogen-bond acceptors (Lipinski definition) is 5. The van der Waals surface area contributed by atoms with Crippen LogP contribution < -0.4 is 4.90 Å². The number of carbonyl (C=O) groups is 1. The van der Waals surface area contributed by atoms with Gasteiger partial charge in [-0.3, -0.25) is 0 Å². The first-order valence-electron chi connectivity index (χ1n) is 8.89. The average molecular weight is 367 g/mol. The molecular formula is C20H21N3O2S. The van der Waals surface area contributed by atoms with Crippen molar-refractivity contribution in [1.82, 2.24) is 9.97 Å². The SMILES string of the molecule is Cc1c(C(=O)O)sc2nc(-c3ccccc3)nc(N3CCC(C)CC3)c12. The van der Waals surface area contributed by atoms with Gasteiger partial charge in [0.1, 0.15) is 15.5 Å². The Labute approximate surface area is 156 Å². The van der Waals surface area contributed by atoms with Gasteiger partial charge in [-0.25, -0.2) is 14.8 Å². The zero-order valence-electron chi connectivity index (χ0n) is 14.9. The molecule has 1 aromatic carbocycles. The first-order valence-corrected chi connectivity index (χ1v) is 9.71. The molecule has 134 valence electrons. The van der Waals surface area contributed by atoms with E-state index in [9.17, 15) is 9.90 Å². The van der Waals surface area contributed by atoms with E-state index in [0.717, 1.165) is 59.0 Å². The summed E-state index contributed by atoms with van der Waals surface area (Å²) in [6, 6.07) is 9.87. The van der Waals surface area contributed by atoms with Crippen molar-refractivity contribution in [3.8, 4) is 11.4 Å². The lowest BCUT2D eigenvalue weighted by Crippen LogP contribution is -2.33. The molecule has 0 aliphatic carbocycles. The third-order valence-electron chi connectivity index (χ3n) is 5.08. The van der Waals surface area contributed by atoms with E-state index in [1.165, 1.54) is 11.3 Å². The minimum atomic E-state index is -0.898. The molecule has 4 rings (SSSR count). The molecule has 1 saturated heterocycles. The first-order chi connectivity index (χ1) is 12.5. The van der Waals surface area contributed by atoms with Crippen LogP contribution in [0.5, 0.6) is 0 Å². The van der Waals surface area contributed by atoms with E-state index in [1.807, 2.05) is 37.3 Å². The molecule has 3 aromatic rings. The molecule has 0 amide bonds. The highest BCUT2D eigenvalue weighted by molar-refractivity contribution is 7.20. The maximum Gasteiger partial charge on any atom is 0.346 e. The van der Waals surface area contributed by atoms with E-state index in [1.54, 1.807) is 0 Å². The van der Waals surface area contributed by atoms with Gasteiger partial charge in [0.05, 0.1) is 5.39 Å². The highest BCUT2D eigenvalue weighted by Crippen LogP contribution is 2.38. The predicted octanol–water partition coefficient (Wildman–Crippen LogP) is 4.60. The number of rotatable bonds is 3. The summed E-state index contributed by atoms with van der Waals surface area (Å²) >= 11 is 1.24. The Morgan fingerprint density at radius 2 is 1.88 bits per heavy atom. The fourth-order valence-electron chi connectivity index (χ4n) is 3.49. The number of aryl methyl sites for hydroxylation is 1. The minimum absolute atomic E-state index is 0.353. The van der Waals surface area contributed by atoms with E-state index in [4.69, 9.17) is 9.97 Å². The van der Waals surface area contributed by atoms with Crippen molar-refractivity contribution in [2.24, 2.45) is 5.92 Å². The number of benzene rings is 1. The average Bonchev–Trinajstić information content (AvgIpc) is 2.99. The van der Waals surface area contributed by atoms with Crippen LogP contribution >= 0.6 is 11.3 Å². The van der Waals surface area contributed by atoms with Crippen molar-refractivity contribution < 1.29 is 9.90 Å². The Morgan fingerprint density at radius 1 is 1.19 bits per heavy atom. The number of carboxylic acid groups (broad SMARTS) is 1. The van der Waals surface area contributed by atoms with E-state index in [-0.39, 0.29) is 0 Å². The van der Waals surface area contributed by atoms with Gasteiger partial charge in [0.2, 0.25) is 0 Å². The van der Waals surface area contributed by atoms with Gasteiger partial charge in [0, 0.05) is 18.7 Å². The van der Waals surface area contributed by atoms with Gasteiger partial charge in [0.25, 0.3) is 0 Å². The fourth-order valence-corrected chi connectivity index (χ4v) is 4.50. The van der Waals surface area contributed by atoms with Crippen LogP contribution in [0.15, 0.2) is 30.3 Å². The van der Waals surface area contributed by atoms with Crippen LogP contribution in [0.25, 0.3) is 21.6 Å². The van der Waals surface area contributed by atoms with E-state index < -0.39 is 5.97 Å². The number of anilines is 1. The first kappa shape index (κ1) is 17.0. The van der Waals surface area contributed by atoms with Crippen molar-refractivity contribution >= 4 is 33.3 Å². The second kappa shape index (κ2) is 6.68. The molecule has 0 saturated carbocycles. The molecule has 1 aliphatic heterocycles. The third kappa shape index (κ3) is 2.94. The number of piperidine rings is 1. The molecule has 0 bridgehead atoms. The third-order valence-corrected chi connectivity index (χ3v) is 6.25. The Kier molecular flexibility index (Phi) is 4.36. The monoisotopic (exact) mass is 367 g/mol. The maximum absolute atomic E-state index is 11.6. The number of nitrogens with zero attached hydrogens (tertiary/aromatic N) is 3. The number of hydrogen-bond donors (Lipinski definition) is 1. The molecular weight excluding hydrogens is 346 g/mol. The Balaban J connectivity index is 1.92. The quantitative estimate of drug-likeness (QED) is 0.733. The summed E-state index contributed by atoms with van der Waals surface area (Å²) in [6.07, 6.45) is 2.25. The molecule has 5 nitrogen and oxygen atoms in total.